The Balaban J connectivity index is 1.42. The molecule has 0 aliphatic carbocycles. The first kappa shape index (κ1) is 27.3. The Hall–Kier alpha value is -3.71. The van der Waals surface area contributed by atoms with Gasteiger partial charge < -0.3 is 19.5 Å². The molecule has 0 radical (unpaired) electrons. The Morgan fingerprint density at radius 2 is 1.95 bits per heavy atom. The van der Waals surface area contributed by atoms with Crippen molar-refractivity contribution in [3.63, 3.8) is 0 Å². The van der Waals surface area contributed by atoms with Crippen molar-refractivity contribution in [1.82, 2.24) is 24.8 Å². The van der Waals surface area contributed by atoms with Crippen molar-refractivity contribution in [2.45, 2.75) is 53.8 Å². The minimum absolute atomic E-state index is 0.0233. The summed E-state index contributed by atoms with van der Waals surface area (Å²) in [4.78, 5) is 24.9. The van der Waals surface area contributed by atoms with Gasteiger partial charge in [-0.3, -0.25) is 4.79 Å². The number of carbonyl (C=O) groups is 1. The van der Waals surface area contributed by atoms with Gasteiger partial charge in [-0.2, -0.15) is 0 Å². The summed E-state index contributed by atoms with van der Waals surface area (Å²) in [6.07, 6.45) is 2.76. The van der Waals surface area contributed by atoms with Crippen LogP contribution in [0.15, 0.2) is 66.9 Å². The highest BCUT2D eigenvalue weighted by molar-refractivity contribution is 5.94. The molecule has 0 saturated carbocycles. The Morgan fingerprint density at radius 3 is 2.74 bits per heavy atom. The molecule has 0 saturated heterocycles. The lowest BCUT2D eigenvalue weighted by molar-refractivity contribution is 0.0715. The lowest BCUT2D eigenvalue weighted by Crippen LogP contribution is -2.34. The number of rotatable bonds is 13. The number of hydrogen-bond donors (Lipinski definition) is 1. The maximum absolute atomic E-state index is 13.7. The third-order valence-electron chi connectivity index (χ3n) is 6.28. The van der Waals surface area contributed by atoms with E-state index in [0.717, 1.165) is 36.5 Å². The first-order chi connectivity index (χ1) is 18.4. The van der Waals surface area contributed by atoms with E-state index in [2.05, 4.69) is 66.8 Å². The number of benzene rings is 2. The highest BCUT2D eigenvalue weighted by Gasteiger charge is 2.21. The molecule has 4 aromatic rings. The second-order valence-electron chi connectivity index (χ2n) is 10.1. The lowest BCUT2D eigenvalue weighted by atomic mass is 10.1. The van der Waals surface area contributed by atoms with Crippen LogP contribution in [-0.4, -0.2) is 45.0 Å². The van der Waals surface area contributed by atoms with Crippen LogP contribution in [0.2, 0.25) is 0 Å². The predicted molar refractivity (Wildman–Crippen MR) is 152 cm³/mol. The van der Waals surface area contributed by atoms with Crippen LogP contribution in [0.3, 0.4) is 0 Å². The standard InChI is InChI=1S/C31H39N5O2/c1-5-16-36-29(34-28-13-8-14-33-30(28)36)22-35(21-23(2)3)31(37)26-11-7-12-27(19-26)38-17-15-32-20-25-10-6-9-24(4)18-25/h6-14,18-19,23,32H,5,15-17,20-22H2,1-4H3. The predicted octanol–water partition coefficient (Wildman–Crippen LogP) is 5.62. The smallest absolute Gasteiger partial charge is 0.254 e. The van der Waals surface area contributed by atoms with Gasteiger partial charge in [0.2, 0.25) is 0 Å². The Bertz CT molecular complexity index is 1350. The number of carbonyl (C=O) groups excluding carboxylic acids is 1. The number of nitrogens with zero attached hydrogens (tertiary/aromatic N) is 4. The summed E-state index contributed by atoms with van der Waals surface area (Å²) in [6, 6.07) is 19.8. The molecule has 0 aliphatic rings. The molecule has 0 atom stereocenters. The van der Waals surface area contributed by atoms with Crippen LogP contribution >= 0.6 is 0 Å². The maximum Gasteiger partial charge on any atom is 0.254 e. The van der Waals surface area contributed by atoms with Gasteiger partial charge in [-0.25, -0.2) is 9.97 Å². The van der Waals surface area contributed by atoms with E-state index in [4.69, 9.17) is 9.72 Å². The van der Waals surface area contributed by atoms with Crippen LogP contribution in [0.5, 0.6) is 5.75 Å². The third kappa shape index (κ3) is 7.19. The number of amides is 1. The van der Waals surface area contributed by atoms with Gasteiger partial charge in [-0.15, -0.1) is 0 Å². The Kier molecular flexibility index (Phi) is 9.49. The first-order valence-electron chi connectivity index (χ1n) is 13.5. The first-order valence-corrected chi connectivity index (χ1v) is 13.5. The number of nitrogens with one attached hydrogen (secondary N) is 1. The molecule has 4 rings (SSSR count). The van der Waals surface area contributed by atoms with Crippen LogP contribution in [0.4, 0.5) is 0 Å². The van der Waals surface area contributed by atoms with Gasteiger partial charge in [0.05, 0.1) is 6.54 Å². The number of imidazole rings is 1. The minimum Gasteiger partial charge on any atom is -0.492 e. The fourth-order valence-corrected chi connectivity index (χ4v) is 4.61. The average Bonchev–Trinajstić information content (AvgIpc) is 3.25. The van der Waals surface area contributed by atoms with Crippen LogP contribution in [-0.2, 0) is 19.6 Å². The van der Waals surface area contributed by atoms with Crippen molar-refractivity contribution < 1.29 is 9.53 Å². The zero-order chi connectivity index (χ0) is 26.9. The lowest BCUT2D eigenvalue weighted by Gasteiger charge is -2.25. The summed E-state index contributed by atoms with van der Waals surface area (Å²) in [6.45, 7) is 12.4. The molecule has 2 aromatic heterocycles. The van der Waals surface area contributed by atoms with Gasteiger partial charge in [0.25, 0.3) is 5.91 Å². The summed E-state index contributed by atoms with van der Waals surface area (Å²) in [5.74, 6) is 1.85. The molecule has 0 unspecified atom stereocenters. The molecule has 1 N–H and O–H groups in total. The van der Waals surface area contributed by atoms with Gasteiger partial charge in [0, 0.05) is 37.9 Å². The molecule has 0 bridgehead atoms. The molecule has 7 nitrogen and oxygen atoms in total. The van der Waals surface area contributed by atoms with Gasteiger partial charge in [0.1, 0.15) is 23.7 Å². The summed E-state index contributed by atoms with van der Waals surface area (Å²) in [5.41, 5.74) is 4.86. The van der Waals surface area contributed by atoms with Crippen molar-refractivity contribution in [2.24, 2.45) is 5.92 Å². The molecule has 0 spiro atoms. The molecule has 200 valence electrons. The van der Waals surface area contributed by atoms with E-state index in [1.54, 1.807) is 6.20 Å². The summed E-state index contributed by atoms with van der Waals surface area (Å²) < 4.78 is 8.11. The SMILES string of the molecule is CCCn1c(CN(CC(C)C)C(=O)c2cccc(OCCNCc3cccc(C)c3)c2)nc2cccnc21. The molecule has 7 heteroatoms. The summed E-state index contributed by atoms with van der Waals surface area (Å²) in [7, 11) is 0. The third-order valence-corrected chi connectivity index (χ3v) is 6.28. The number of hydrogen-bond acceptors (Lipinski definition) is 5. The van der Waals surface area contributed by atoms with E-state index in [-0.39, 0.29) is 5.91 Å². The van der Waals surface area contributed by atoms with Gasteiger partial charge in [-0.1, -0.05) is 56.7 Å². The van der Waals surface area contributed by atoms with Crippen LogP contribution in [0.25, 0.3) is 11.2 Å². The highest BCUT2D eigenvalue weighted by Crippen LogP contribution is 2.20. The van der Waals surface area contributed by atoms with Crippen LogP contribution < -0.4 is 10.1 Å². The van der Waals surface area contributed by atoms with Crippen LogP contribution in [0, 0.1) is 12.8 Å². The Morgan fingerprint density at radius 1 is 1.11 bits per heavy atom. The zero-order valence-electron chi connectivity index (χ0n) is 23.0. The maximum atomic E-state index is 13.7. The largest absolute Gasteiger partial charge is 0.492 e. The van der Waals surface area contributed by atoms with Crippen molar-refractivity contribution in [3.8, 4) is 5.75 Å². The Labute approximate surface area is 225 Å². The molecule has 38 heavy (non-hydrogen) atoms. The van der Waals surface area contributed by atoms with Crippen LogP contribution in [0.1, 0.15) is 54.5 Å². The fraction of sp³-hybridized carbons (Fsp3) is 0.387. The second-order valence-corrected chi connectivity index (χ2v) is 10.1. The molecule has 2 aromatic carbocycles. The summed E-state index contributed by atoms with van der Waals surface area (Å²) >= 11 is 0. The number of fused-ring (bicyclic) bond motifs is 1. The van der Waals surface area contributed by atoms with Gasteiger partial charge in [0.15, 0.2) is 5.65 Å². The zero-order valence-corrected chi connectivity index (χ0v) is 23.0. The molecular weight excluding hydrogens is 474 g/mol. The van der Waals surface area contributed by atoms with Crippen molar-refractivity contribution in [2.75, 3.05) is 19.7 Å². The number of pyridine rings is 1. The molecule has 0 aliphatic heterocycles. The normalized spacial score (nSPS) is 11.3. The van der Waals surface area contributed by atoms with Gasteiger partial charge in [-0.05, 0) is 55.2 Å². The average molecular weight is 514 g/mol. The second kappa shape index (κ2) is 13.2. The highest BCUT2D eigenvalue weighted by atomic mass is 16.5. The molecular formula is C31H39N5O2. The van der Waals surface area contributed by atoms with Crippen molar-refractivity contribution in [3.05, 3.63) is 89.4 Å². The van der Waals surface area contributed by atoms with E-state index >= 15 is 0 Å². The summed E-state index contributed by atoms with van der Waals surface area (Å²) in [5, 5.41) is 3.42. The van der Waals surface area contributed by atoms with Crippen molar-refractivity contribution >= 4 is 17.1 Å². The van der Waals surface area contributed by atoms with E-state index in [1.807, 2.05) is 41.3 Å². The molecule has 2 heterocycles. The van der Waals surface area contributed by atoms with E-state index in [1.165, 1.54) is 11.1 Å². The fourth-order valence-electron chi connectivity index (χ4n) is 4.61. The molecule has 1 amide bonds. The van der Waals surface area contributed by atoms with Gasteiger partial charge >= 0.3 is 0 Å². The number of aromatic nitrogens is 3. The number of aryl methyl sites for hydroxylation is 2. The van der Waals surface area contributed by atoms with Crippen molar-refractivity contribution in [1.29, 1.82) is 0 Å². The van der Waals surface area contributed by atoms with E-state index in [0.29, 0.717) is 43.5 Å². The quantitative estimate of drug-likeness (QED) is 0.235. The topological polar surface area (TPSA) is 72.3 Å². The minimum atomic E-state index is -0.0233. The molecule has 0 fully saturated rings. The van der Waals surface area contributed by atoms with E-state index < -0.39 is 0 Å². The monoisotopic (exact) mass is 513 g/mol. The van der Waals surface area contributed by atoms with E-state index in [9.17, 15) is 4.79 Å². The number of ether oxygens (including phenoxy) is 1.